The van der Waals surface area contributed by atoms with Crippen LogP contribution in [-0.4, -0.2) is 32.4 Å². The van der Waals surface area contributed by atoms with Crippen LogP contribution in [0.3, 0.4) is 0 Å². The van der Waals surface area contributed by atoms with E-state index in [4.69, 9.17) is 23.2 Å². The molecule has 0 aliphatic carbocycles. The molecule has 0 unspecified atom stereocenters. The molecule has 7 nitrogen and oxygen atoms in total. The Morgan fingerprint density at radius 3 is 2.93 bits per heavy atom. The normalized spacial score (nSPS) is 13.2. The van der Waals surface area contributed by atoms with Gasteiger partial charge < -0.3 is 10.6 Å². The molecule has 0 saturated heterocycles. The third-order valence-corrected chi connectivity index (χ3v) is 5.43. The van der Waals surface area contributed by atoms with E-state index in [2.05, 4.69) is 25.9 Å². The largest absolute Gasteiger partial charge is 0.312 e. The highest BCUT2D eigenvalue weighted by atomic mass is 35.5. The zero-order valence-corrected chi connectivity index (χ0v) is 16.7. The average molecular weight is 417 g/mol. The molecule has 1 aliphatic heterocycles. The number of hydrogen-bond donors (Lipinski definition) is 2. The van der Waals surface area contributed by atoms with Crippen LogP contribution in [0.1, 0.15) is 33.0 Å². The van der Waals surface area contributed by atoms with E-state index in [0.29, 0.717) is 28.1 Å². The van der Waals surface area contributed by atoms with E-state index >= 15 is 0 Å². The Hall–Kier alpha value is -2.48. The van der Waals surface area contributed by atoms with Gasteiger partial charge in [-0.05, 0) is 36.2 Å². The Bertz CT molecular complexity index is 1050. The Balaban J connectivity index is 1.49. The second kappa shape index (κ2) is 7.87. The molecule has 2 N–H and O–H groups in total. The van der Waals surface area contributed by atoms with E-state index in [1.54, 1.807) is 22.9 Å². The van der Waals surface area contributed by atoms with Crippen LogP contribution in [0, 0.1) is 6.92 Å². The molecule has 0 spiro atoms. The van der Waals surface area contributed by atoms with Crippen molar-refractivity contribution in [1.29, 1.82) is 0 Å². The summed E-state index contributed by atoms with van der Waals surface area (Å²) in [6, 6.07) is 9.08. The summed E-state index contributed by atoms with van der Waals surface area (Å²) >= 11 is 12.0. The predicted molar refractivity (Wildman–Crippen MR) is 108 cm³/mol. The lowest BCUT2D eigenvalue weighted by atomic mass is 10.1. The van der Waals surface area contributed by atoms with Gasteiger partial charge in [0.15, 0.2) is 5.82 Å². The Kier molecular flexibility index (Phi) is 5.30. The van der Waals surface area contributed by atoms with Crippen LogP contribution in [0.5, 0.6) is 0 Å². The van der Waals surface area contributed by atoms with Crippen molar-refractivity contribution in [3.63, 3.8) is 0 Å². The highest BCUT2D eigenvalue weighted by molar-refractivity contribution is 6.42. The quantitative estimate of drug-likeness (QED) is 0.681. The summed E-state index contributed by atoms with van der Waals surface area (Å²) in [6.07, 6.45) is 0.815. The molecule has 3 heterocycles. The smallest absolute Gasteiger partial charge is 0.275 e. The number of pyridine rings is 1. The molecule has 0 saturated carbocycles. The molecule has 28 heavy (non-hydrogen) atoms. The van der Waals surface area contributed by atoms with E-state index in [-0.39, 0.29) is 5.91 Å². The number of nitrogens with zero attached hydrogens (tertiary/aromatic N) is 4. The zero-order valence-electron chi connectivity index (χ0n) is 15.2. The first-order valence-corrected chi connectivity index (χ1v) is 9.62. The van der Waals surface area contributed by atoms with Gasteiger partial charge in [0.05, 0.1) is 22.3 Å². The number of fused-ring (bicyclic) bond motifs is 1. The van der Waals surface area contributed by atoms with Gasteiger partial charge in [-0.2, -0.15) is 0 Å². The van der Waals surface area contributed by atoms with Crippen molar-refractivity contribution < 1.29 is 4.79 Å². The summed E-state index contributed by atoms with van der Waals surface area (Å²) in [6.45, 7) is 3.97. The SMILES string of the molecule is Cc1c(NC(=O)c2ccc3c(n2)CCNC3)nnn1Cc1ccc(Cl)c(Cl)c1. The van der Waals surface area contributed by atoms with E-state index < -0.39 is 0 Å². The third kappa shape index (κ3) is 3.87. The molecule has 0 bridgehead atoms. The molecule has 0 fully saturated rings. The van der Waals surface area contributed by atoms with E-state index in [9.17, 15) is 4.79 Å². The van der Waals surface area contributed by atoms with Gasteiger partial charge >= 0.3 is 0 Å². The van der Waals surface area contributed by atoms with Gasteiger partial charge in [-0.3, -0.25) is 4.79 Å². The zero-order chi connectivity index (χ0) is 19.7. The molecule has 144 valence electrons. The van der Waals surface area contributed by atoms with Gasteiger partial charge in [0.1, 0.15) is 5.69 Å². The summed E-state index contributed by atoms with van der Waals surface area (Å²) in [5, 5.41) is 15.3. The molecular formula is C19H18Cl2N6O. The van der Waals surface area contributed by atoms with Crippen molar-refractivity contribution >= 4 is 34.9 Å². The first-order chi connectivity index (χ1) is 13.5. The van der Waals surface area contributed by atoms with E-state index in [1.165, 1.54) is 0 Å². The number of aromatic nitrogens is 4. The molecule has 4 rings (SSSR count). The Labute approximate surface area is 172 Å². The minimum absolute atomic E-state index is 0.300. The minimum Gasteiger partial charge on any atom is -0.312 e. The van der Waals surface area contributed by atoms with Gasteiger partial charge in [0.2, 0.25) is 0 Å². The average Bonchev–Trinajstić information content (AvgIpc) is 3.04. The van der Waals surface area contributed by atoms with Gasteiger partial charge in [-0.15, -0.1) is 5.10 Å². The molecule has 1 aromatic carbocycles. The highest BCUT2D eigenvalue weighted by Gasteiger charge is 2.17. The van der Waals surface area contributed by atoms with Crippen LogP contribution < -0.4 is 10.6 Å². The maximum absolute atomic E-state index is 12.6. The fourth-order valence-electron chi connectivity index (χ4n) is 3.07. The number of hydrogen-bond acceptors (Lipinski definition) is 5. The number of anilines is 1. The lowest BCUT2D eigenvalue weighted by Gasteiger charge is -2.16. The fourth-order valence-corrected chi connectivity index (χ4v) is 3.39. The highest BCUT2D eigenvalue weighted by Crippen LogP contribution is 2.23. The number of carbonyl (C=O) groups excluding carboxylic acids is 1. The van der Waals surface area contributed by atoms with Gasteiger partial charge in [0, 0.05) is 25.2 Å². The van der Waals surface area contributed by atoms with Crippen LogP contribution >= 0.6 is 23.2 Å². The minimum atomic E-state index is -0.300. The van der Waals surface area contributed by atoms with Gasteiger partial charge in [-0.1, -0.05) is 40.5 Å². The maximum Gasteiger partial charge on any atom is 0.275 e. The van der Waals surface area contributed by atoms with Gasteiger partial charge in [0.25, 0.3) is 5.91 Å². The fraction of sp³-hybridized carbons (Fsp3) is 0.263. The summed E-state index contributed by atoms with van der Waals surface area (Å²) in [5.41, 5.74) is 4.14. The van der Waals surface area contributed by atoms with Gasteiger partial charge in [-0.25, -0.2) is 9.67 Å². The molecule has 2 aromatic heterocycles. The lowest BCUT2D eigenvalue weighted by Crippen LogP contribution is -2.26. The monoisotopic (exact) mass is 416 g/mol. The van der Waals surface area contributed by atoms with Crippen molar-refractivity contribution in [3.05, 3.63) is 68.6 Å². The number of carbonyl (C=O) groups is 1. The maximum atomic E-state index is 12.6. The van der Waals surface area contributed by atoms with Crippen molar-refractivity contribution in [1.82, 2.24) is 25.3 Å². The van der Waals surface area contributed by atoms with Crippen LogP contribution in [0.15, 0.2) is 30.3 Å². The standard InChI is InChI=1S/C19H18Cl2N6O/c1-11-18(25-26-27(11)10-12-2-4-14(20)15(21)8-12)24-19(28)17-5-3-13-9-22-7-6-16(13)23-17/h2-5,8,22H,6-7,9-10H2,1H3,(H,24,28). The Morgan fingerprint density at radius 2 is 2.11 bits per heavy atom. The summed E-state index contributed by atoms with van der Waals surface area (Å²) in [7, 11) is 0. The predicted octanol–water partition coefficient (Wildman–Crippen LogP) is 3.23. The molecule has 9 heteroatoms. The number of nitrogens with one attached hydrogen (secondary N) is 2. The van der Waals surface area contributed by atoms with Crippen LogP contribution in [0.4, 0.5) is 5.82 Å². The van der Waals surface area contributed by atoms with Crippen molar-refractivity contribution in [2.24, 2.45) is 0 Å². The third-order valence-electron chi connectivity index (χ3n) is 4.69. The van der Waals surface area contributed by atoms with Crippen molar-refractivity contribution in [3.8, 4) is 0 Å². The summed E-state index contributed by atoms with van der Waals surface area (Å²) < 4.78 is 1.70. The van der Waals surface area contributed by atoms with Crippen molar-refractivity contribution in [2.75, 3.05) is 11.9 Å². The molecule has 3 aromatic rings. The van der Waals surface area contributed by atoms with E-state index in [1.807, 2.05) is 19.1 Å². The van der Waals surface area contributed by atoms with E-state index in [0.717, 1.165) is 42.0 Å². The van der Waals surface area contributed by atoms with Crippen LogP contribution in [-0.2, 0) is 19.5 Å². The molecule has 1 amide bonds. The lowest BCUT2D eigenvalue weighted by molar-refractivity contribution is 0.102. The summed E-state index contributed by atoms with van der Waals surface area (Å²) in [4.78, 5) is 17.1. The second-order valence-electron chi connectivity index (χ2n) is 6.61. The van der Waals surface area contributed by atoms with Crippen LogP contribution in [0.2, 0.25) is 10.0 Å². The number of halogens is 2. The first kappa shape index (κ1) is 18.9. The summed E-state index contributed by atoms with van der Waals surface area (Å²) in [5.74, 6) is 0.109. The van der Waals surface area contributed by atoms with Crippen LogP contribution in [0.25, 0.3) is 0 Å². The topological polar surface area (TPSA) is 84.7 Å². The molecule has 0 atom stereocenters. The first-order valence-electron chi connectivity index (χ1n) is 8.86. The van der Waals surface area contributed by atoms with Crippen molar-refractivity contribution in [2.45, 2.75) is 26.4 Å². The molecule has 1 aliphatic rings. The second-order valence-corrected chi connectivity index (χ2v) is 7.43. The number of rotatable bonds is 4. The molecule has 0 radical (unpaired) electrons. The Morgan fingerprint density at radius 1 is 1.25 bits per heavy atom. The number of benzene rings is 1. The number of amides is 1. The molecular weight excluding hydrogens is 399 g/mol.